The number of hydrogen-bond acceptors (Lipinski definition) is 5. The number of rotatable bonds is 3. The lowest BCUT2D eigenvalue weighted by atomic mass is 10.1. The number of aliphatic hydroxyl groups excluding tert-OH is 1. The zero-order valence-corrected chi connectivity index (χ0v) is 11.4. The first-order valence-electron chi connectivity index (χ1n) is 6.53. The minimum absolute atomic E-state index is 0.153. The number of carbonyl (C=O) groups is 1. The van der Waals surface area contributed by atoms with Gasteiger partial charge in [-0.15, -0.1) is 0 Å². The summed E-state index contributed by atoms with van der Waals surface area (Å²) in [5.41, 5.74) is 1.02. The van der Waals surface area contributed by atoms with Crippen molar-refractivity contribution in [1.82, 2.24) is 5.06 Å². The summed E-state index contributed by atoms with van der Waals surface area (Å²) in [5.74, 6) is -0.976. The molecule has 3 rings (SSSR count). The number of carbonyl (C=O) groups excluding carboxylic acids is 1. The van der Waals surface area contributed by atoms with E-state index >= 15 is 0 Å². The van der Waals surface area contributed by atoms with Crippen molar-refractivity contribution in [3.8, 4) is 0 Å². The van der Waals surface area contributed by atoms with Crippen LogP contribution in [0.4, 0.5) is 0 Å². The first kappa shape index (κ1) is 13.5. The predicted molar refractivity (Wildman–Crippen MR) is 68.4 cm³/mol. The standard InChI is InChI=1S/C14H17NO5/c1-14(2)18-7-9(20-14)8-19-15-12(16)10-5-3-4-6-11(10)13(15)17/h3-6,9,12,16H,7-8H2,1-2H3. The normalized spacial score (nSPS) is 27.9. The van der Waals surface area contributed by atoms with E-state index in [9.17, 15) is 9.90 Å². The minimum atomic E-state index is -1.07. The van der Waals surface area contributed by atoms with Gasteiger partial charge in [0.2, 0.25) is 0 Å². The molecule has 6 heteroatoms. The smallest absolute Gasteiger partial charge is 0.280 e. The maximum Gasteiger partial charge on any atom is 0.280 e. The van der Waals surface area contributed by atoms with Crippen LogP contribution in [0.1, 0.15) is 36.0 Å². The van der Waals surface area contributed by atoms with Gasteiger partial charge in [0.15, 0.2) is 12.0 Å². The predicted octanol–water partition coefficient (Wildman–Crippen LogP) is 1.22. The van der Waals surface area contributed by atoms with Gasteiger partial charge >= 0.3 is 0 Å². The van der Waals surface area contributed by atoms with E-state index < -0.39 is 12.0 Å². The molecule has 2 unspecified atom stereocenters. The Bertz CT molecular complexity index is 530. The van der Waals surface area contributed by atoms with Gasteiger partial charge in [-0.1, -0.05) is 18.2 Å². The highest BCUT2D eigenvalue weighted by Gasteiger charge is 2.38. The second-order valence-corrected chi connectivity index (χ2v) is 5.34. The Balaban J connectivity index is 1.64. The molecule has 0 radical (unpaired) electrons. The molecule has 0 spiro atoms. The number of hydrogen-bond donors (Lipinski definition) is 1. The third-order valence-electron chi connectivity index (χ3n) is 3.36. The molecule has 6 nitrogen and oxygen atoms in total. The van der Waals surface area contributed by atoms with E-state index in [2.05, 4.69) is 0 Å². The summed E-state index contributed by atoms with van der Waals surface area (Å²) in [7, 11) is 0. The molecule has 2 aliphatic heterocycles. The lowest BCUT2D eigenvalue weighted by molar-refractivity contribution is -0.219. The number of fused-ring (bicyclic) bond motifs is 1. The zero-order chi connectivity index (χ0) is 14.3. The number of aliphatic hydroxyl groups is 1. The fourth-order valence-electron chi connectivity index (χ4n) is 2.41. The van der Waals surface area contributed by atoms with Gasteiger partial charge in [-0.2, -0.15) is 5.06 Å². The van der Waals surface area contributed by atoms with E-state index in [1.807, 2.05) is 13.8 Å². The lowest BCUT2D eigenvalue weighted by Gasteiger charge is -2.22. The Hall–Kier alpha value is -1.47. The van der Waals surface area contributed by atoms with Crippen LogP contribution in [-0.2, 0) is 14.3 Å². The van der Waals surface area contributed by atoms with E-state index in [0.717, 1.165) is 5.06 Å². The first-order chi connectivity index (χ1) is 9.48. The van der Waals surface area contributed by atoms with Gasteiger partial charge in [0.25, 0.3) is 5.91 Å². The fraction of sp³-hybridized carbons (Fsp3) is 0.500. The van der Waals surface area contributed by atoms with Gasteiger partial charge in [0, 0.05) is 11.1 Å². The van der Waals surface area contributed by atoms with E-state index in [1.165, 1.54) is 0 Å². The van der Waals surface area contributed by atoms with Gasteiger partial charge in [0.1, 0.15) is 12.7 Å². The van der Waals surface area contributed by atoms with Crippen LogP contribution in [0.5, 0.6) is 0 Å². The molecule has 20 heavy (non-hydrogen) atoms. The Kier molecular flexibility index (Phi) is 3.25. The molecule has 108 valence electrons. The van der Waals surface area contributed by atoms with Gasteiger partial charge in [0.05, 0.1) is 6.61 Å². The highest BCUT2D eigenvalue weighted by molar-refractivity contribution is 5.98. The van der Waals surface area contributed by atoms with Crippen molar-refractivity contribution in [2.45, 2.75) is 32.0 Å². The Labute approximate surface area is 116 Å². The van der Waals surface area contributed by atoms with Crippen molar-refractivity contribution < 1.29 is 24.2 Å². The Morgan fingerprint density at radius 1 is 1.45 bits per heavy atom. The summed E-state index contributed by atoms with van der Waals surface area (Å²) in [4.78, 5) is 17.5. The number of benzene rings is 1. The molecule has 0 aliphatic carbocycles. The summed E-state index contributed by atoms with van der Waals surface area (Å²) >= 11 is 0. The minimum Gasteiger partial charge on any atom is -0.367 e. The highest BCUT2D eigenvalue weighted by atomic mass is 16.8. The fourth-order valence-corrected chi connectivity index (χ4v) is 2.41. The van der Waals surface area contributed by atoms with Crippen molar-refractivity contribution in [2.75, 3.05) is 13.2 Å². The maximum absolute atomic E-state index is 12.1. The van der Waals surface area contributed by atoms with Crippen LogP contribution >= 0.6 is 0 Å². The third-order valence-corrected chi connectivity index (χ3v) is 3.36. The zero-order valence-electron chi connectivity index (χ0n) is 11.4. The Morgan fingerprint density at radius 3 is 2.85 bits per heavy atom. The van der Waals surface area contributed by atoms with E-state index in [-0.39, 0.29) is 18.6 Å². The van der Waals surface area contributed by atoms with Crippen molar-refractivity contribution in [1.29, 1.82) is 0 Å². The SMILES string of the molecule is CC1(C)OCC(CON2C(=O)c3ccccc3C2O)O1. The average Bonchev–Trinajstić information content (AvgIpc) is 2.88. The monoisotopic (exact) mass is 279 g/mol. The van der Waals surface area contributed by atoms with E-state index in [0.29, 0.717) is 17.7 Å². The topological polar surface area (TPSA) is 68.2 Å². The molecule has 0 aromatic heterocycles. The van der Waals surface area contributed by atoms with Crippen LogP contribution in [0, 0.1) is 0 Å². The van der Waals surface area contributed by atoms with Gasteiger partial charge < -0.3 is 14.6 Å². The molecule has 1 amide bonds. The van der Waals surface area contributed by atoms with Crippen molar-refractivity contribution in [2.24, 2.45) is 0 Å². The van der Waals surface area contributed by atoms with E-state index in [4.69, 9.17) is 14.3 Å². The molecule has 2 heterocycles. The van der Waals surface area contributed by atoms with Crippen LogP contribution in [0.25, 0.3) is 0 Å². The van der Waals surface area contributed by atoms with E-state index in [1.54, 1.807) is 24.3 Å². The van der Waals surface area contributed by atoms with Crippen LogP contribution in [-0.4, -0.2) is 41.2 Å². The molecule has 2 atom stereocenters. The van der Waals surface area contributed by atoms with Crippen LogP contribution in [0.15, 0.2) is 24.3 Å². The van der Waals surface area contributed by atoms with Crippen LogP contribution < -0.4 is 0 Å². The maximum atomic E-state index is 12.1. The molecule has 1 fully saturated rings. The number of hydroxylamine groups is 2. The lowest BCUT2D eigenvalue weighted by Crippen LogP contribution is -2.33. The molecular weight excluding hydrogens is 262 g/mol. The molecular formula is C14H17NO5. The molecule has 0 bridgehead atoms. The number of amides is 1. The summed E-state index contributed by atoms with van der Waals surface area (Å²) in [6.07, 6.45) is -1.33. The molecule has 1 N–H and O–H groups in total. The van der Waals surface area contributed by atoms with Gasteiger partial charge in [-0.05, 0) is 19.9 Å². The number of nitrogens with zero attached hydrogens (tertiary/aromatic N) is 1. The molecule has 0 saturated carbocycles. The quantitative estimate of drug-likeness (QED) is 0.901. The van der Waals surface area contributed by atoms with Gasteiger partial charge in [-0.25, -0.2) is 0 Å². The van der Waals surface area contributed by atoms with Gasteiger partial charge in [-0.3, -0.25) is 9.63 Å². The summed E-state index contributed by atoms with van der Waals surface area (Å²) in [6.45, 7) is 4.19. The second kappa shape index (κ2) is 4.82. The first-order valence-corrected chi connectivity index (χ1v) is 6.53. The molecule has 1 aromatic rings. The highest BCUT2D eigenvalue weighted by Crippen LogP contribution is 2.32. The van der Waals surface area contributed by atoms with Crippen LogP contribution in [0.3, 0.4) is 0 Å². The molecule has 1 aromatic carbocycles. The largest absolute Gasteiger partial charge is 0.367 e. The van der Waals surface area contributed by atoms with Crippen LogP contribution in [0.2, 0.25) is 0 Å². The van der Waals surface area contributed by atoms with Crippen molar-refractivity contribution in [3.05, 3.63) is 35.4 Å². The number of ether oxygens (including phenoxy) is 2. The summed E-state index contributed by atoms with van der Waals surface area (Å²) in [6, 6.07) is 6.90. The molecule has 1 saturated heterocycles. The Morgan fingerprint density at radius 2 is 2.20 bits per heavy atom. The molecule has 2 aliphatic rings. The van der Waals surface area contributed by atoms with Crippen molar-refractivity contribution >= 4 is 5.91 Å². The third kappa shape index (κ3) is 2.31. The van der Waals surface area contributed by atoms with Crippen molar-refractivity contribution in [3.63, 3.8) is 0 Å². The second-order valence-electron chi connectivity index (χ2n) is 5.34. The summed E-state index contributed by atoms with van der Waals surface area (Å²) in [5, 5.41) is 11.1. The average molecular weight is 279 g/mol. The summed E-state index contributed by atoms with van der Waals surface area (Å²) < 4.78 is 11.0.